The minimum atomic E-state index is -0.239. The van der Waals surface area contributed by atoms with Crippen LogP contribution < -0.4 is 10.6 Å². The molecule has 2 amide bonds. The molecule has 0 spiro atoms. The summed E-state index contributed by atoms with van der Waals surface area (Å²) >= 11 is 1.50. The van der Waals surface area contributed by atoms with E-state index < -0.39 is 0 Å². The summed E-state index contributed by atoms with van der Waals surface area (Å²) in [4.78, 5) is 20.0. The molecule has 0 radical (unpaired) electrons. The fraction of sp³-hybridized carbons (Fsp3) is 0.333. The topological polar surface area (TPSA) is 95.6 Å². The maximum atomic E-state index is 11.7. The number of carbonyl (C=O) groups excluding carboxylic acids is 1. The van der Waals surface area contributed by atoms with Crippen molar-refractivity contribution in [3.63, 3.8) is 0 Å². The number of thioether (sulfide) groups is 1. The average Bonchev–Trinajstić information content (AvgIpc) is 2.91. The molecule has 0 aliphatic carbocycles. The largest absolute Gasteiger partial charge is 0.337 e. The predicted octanol–water partition coefficient (Wildman–Crippen LogP) is 1.73. The van der Waals surface area contributed by atoms with Gasteiger partial charge in [0, 0.05) is 18.0 Å². The molecule has 20 heavy (non-hydrogen) atoms. The van der Waals surface area contributed by atoms with E-state index in [9.17, 15) is 4.79 Å². The second-order valence-electron chi connectivity index (χ2n) is 4.11. The summed E-state index contributed by atoms with van der Waals surface area (Å²) in [6, 6.07) is 3.47. The van der Waals surface area contributed by atoms with Gasteiger partial charge in [0.2, 0.25) is 0 Å². The molecular weight excluding hydrogens is 276 g/mol. The molecular formula is C12H16N6OS. The molecule has 106 valence electrons. The molecule has 0 aliphatic rings. The smallest absolute Gasteiger partial charge is 0.319 e. The molecule has 7 nitrogen and oxygen atoms in total. The number of amides is 2. The van der Waals surface area contributed by atoms with Crippen LogP contribution in [-0.4, -0.2) is 38.5 Å². The molecule has 3 N–H and O–H groups in total. The minimum absolute atomic E-state index is 0.239. The lowest BCUT2D eigenvalue weighted by Crippen LogP contribution is -2.30. The Kier molecular flexibility index (Phi) is 4.94. The molecule has 8 heteroatoms. The number of hydrogen-bond acceptors (Lipinski definition) is 5. The van der Waals surface area contributed by atoms with Gasteiger partial charge in [0.1, 0.15) is 6.33 Å². The Balaban J connectivity index is 1.72. The molecule has 0 unspecified atom stereocenters. The Morgan fingerprint density at radius 2 is 2.25 bits per heavy atom. The summed E-state index contributed by atoms with van der Waals surface area (Å²) in [5.74, 6) is 0.716. The van der Waals surface area contributed by atoms with E-state index in [4.69, 9.17) is 0 Å². The van der Waals surface area contributed by atoms with Gasteiger partial charge in [0.05, 0.1) is 11.4 Å². The van der Waals surface area contributed by atoms with Crippen molar-refractivity contribution in [1.29, 1.82) is 0 Å². The summed E-state index contributed by atoms with van der Waals surface area (Å²) in [7, 11) is 0. The summed E-state index contributed by atoms with van der Waals surface area (Å²) in [5, 5.41) is 12.8. The van der Waals surface area contributed by atoms with E-state index in [-0.39, 0.29) is 6.03 Å². The van der Waals surface area contributed by atoms with Gasteiger partial charge < -0.3 is 10.6 Å². The van der Waals surface area contributed by atoms with Gasteiger partial charge in [-0.15, -0.1) is 0 Å². The molecule has 0 saturated heterocycles. The maximum Gasteiger partial charge on any atom is 0.319 e. The van der Waals surface area contributed by atoms with Gasteiger partial charge in [-0.05, 0) is 26.0 Å². The van der Waals surface area contributed by atoms with Crippen molar-refractivity contribution < 1.29 is 4.79 Å². The first-order valence-electron chi connectivity index (χ1n) is 6.12. The first-order chi connectivity index (χ1) is 9.65. The van der Waals surface area contributed by atoms with Crippen molar-refractivity contribution in [2.75, 3.05) is 17.6 Å². The Morgan fingerprint density at radius 1 is 1.40 bits per heavy atom. The minimum Gasteiger partial charge on any atom is -0.337 e. The van der Waals surface area contributed by atoms with Crippen LogP contribution in [0, 0.1) is 13.8 Å². The highest BCUT2D eigenvalue weighted by Crippen LogP contribution is 2.12. The zero-order valence-corrected chi connectivity index (χ0v) is 12.1. The molecule has 0 fully saturated rings. The van der Waals surface area contributed by atoms with Crippen molar-refractivity contribution in [2.24, 2.45) is 0 Å². The summed E-state index contributed by atoms with van der Waals surface area (Å²) in [6.07, 6.45) is 1.45. The van der Waals surface area contributed by atoms with Crippen LogP contribution in [0.3, 0.4) is 0 Å². The number of pyridine rings is 1. The van der Waals surface area contributed by atoms with E-state index in [0.29, 0.717) is 12.3 Å². The van der Waals surface area contributed by atoms with E-state index >= 15 is 0 Å². The fourth-order valence-electron chi connectivity index (χ4n) is 1.56. The second-order valence-corrected chi connectivity index (χ2v) is 5.19. The molecule has 0 saturated carbocycles. The van der Waals surface area contributed by atoms with Gasteiger partial charge in [-0.2, -0.15) is 5.10 Å². The molecule has 0 aliphatic heterocycles. The van der Waals surface area contributed by atoms with Crippen LogP contribution in [0.15, 0.2) is 23.6 Å². The van der Waals surface area contributed by atoms with Crippen LogP contribution >= 0.6 is 11.8 Å². The molecule has 2 aromatic rings. The number of nitrogens with zero attached hydrogens (tertiary/aromatic N) is 3. The Morgan fingerprint density at radius 3 is 2.95 bits per heavy atom. The fourth-order valence-corrected chi connectivity index (χ4v) is 2.20. The SMILES string of the molecule is Cc1ccc(NC(=O)NCCSc2ncn[nH]2)c(C)n1. The van der Waals surface area contributed by atoms with Crippen LogP contribution in [0.1, 0.15) is 11.4 Å². The van der Waals surface area contributed by atoms with Gasteiger partial charge in [-0.3, -0.25) is 10.1 Å². The zero-order chi connectivity index (χ0) is 14.4. The molecule has 0 atom stereocenters. The predicted molar refractivity (Wildman–Crippen MR) is 77.8 cm³/mol. The first-order valence-corrected chi connectivity index (χ1v) is 7.11. The lowest BCUT2D eigenvalue weighted by molar-refractivity contribution is 0.252. The molecule has 2 aromatic heterocycles. The highest BCUT2D eigenvalue weighted by molar-refractivity contribution is 7.99. The number of hydrogen-bond donors (Lipinski definition) is 3. The first kappa shape index (κ1) is 14.3. The van der Waals surface area contributed by atoms with Crippen molar-refractivity contribution in [3.8, 4) is 0 Å². The van der Waals surface area contributed by atoms with Gasteiger partial charge in [0.25, 0.3) is 0 Å². The number of rotatable bonds is 5. The summed E-state index contributed by atoms with van der Waals surface area (Å²) < 4.78 is 0. The van der Waals surface area contributed by atoms with Gasteiger partial charge in [-0.25, -0.2) is 9.78 Å². The van der Waals surface area contributed by atoms with E-state index in [0.717, 1.165) is 22.2 Å². The monoisotopic (exact) mass is 292 g/mol. The number of aromatic nitrogens is 4. The van der Waals surface area contributed by atoms with Gasteiger partial charge >= 0.3 is 6.03 Å². The van der Waals surface area contributed by atoms with E-state index in [1.165, 1.54) is 18.1 Å². The lowest BCUT2D eigenvalue weighted by atomic mass is 10.3. The zero-order valence-electron chi connectivity index (χ0n) is 11.3. The molecule has 0 aromatic carbocycles. The second kappa shape index (κ2) is 6.90. The van der Waals surface area contributed by atoms with Crippen LogP contribution in [-0.2, 0) is 0 Å². The maximum absolute atomic E-state index is 11.7. The number of H-pyrrole nitrogens is 1. The highest BCUT2D eigenvalue weighted by Gasteiger charge is 2.05. The molecule has 0 bridgehead atoms. The molecule has 2 rings (SSSR count). The van der Waals surface area contributed by atoms with Crippen LogP contribution in [0.25, 0.3) is 0 Å². The normalized spacial score (nSPS) is 10.3. The van der Waals surface area contributed by atoms with E-state index in [2.05, 4.69) is 30.8 Å². The van der Waals surface area contributed by atoms with Crippen molar-refractivity contribution >= 4 is 23.5 Å². The number of aromatic amines is 1. The molecule has 2 heterocycles. The van der Waals surface area contributed by atoms with Crippen molar-refractivity contribution in [1.82, 2.24) is 25.5 Å². The van der Waals surface area contributed by atoms with Gasteiger partial charge in [0.15, 0.2) is 5.16 Å². The number of aryl methyl sites for hydroxylation is 2. The van der Waals surface area contributed by atoms with E-state index in [1.54, 1.807) is 0 Å². The van der Waals surface area contributed by atoms with E-state index in [1.807, 2.05) is 26.0 Å². The third-order valence-corrected chi connectivity index (χ3v) is 3.37. The standard InChI is InChI=1S/C12H16N6OS/c1-8-3-4-10(9(2)16-8)17-11(19)13-5-6-20-12-14-7-15-18-12/h3-4,7H,5-6H2,1-2H3,(H2,13,17,19)(H,14,15,18). The van der Waals surface area contributed by atoms with Crippen molar-refractivity contribution in [2.45, 2.75) is 19.0 Å². The Labute approximate surface area is 121 Å². The number of nitrogens with one attached hydrogen (secondary N) is 3. The van der Waals surface area contributed by atoms with Crippen LogP contribution in [0.4, 0.5) is 10.5 Å². The lowest BCUT2D eigenvalue weighted by Gasteiger charge is -2.09. The van der Waals surface area contributed by atoms with Crippen LogP contribution in [0.2, 0.25) is 0 Å². The number of carbonyl (C=O) groups is 1. The Hall–Kier alpha value is -2.09. The van der Waals surface area contributed by atoms with Gasteiger partial charge in [-0.1, -0.05) is 11.8 Å². The Bertz CT molecular complexity index is 571. The van der Waals surface area contributed by atoms with Crippen molar-refractivity contribution in [3.05, 3.63) is 29.8 Å². The number of urea groups is 1. The highest BCUT2D eigenvalue weighted by atomic mass is 32.2. The third kappa shape index (κ3) is 4.23. The number of anilines is 1. The summed E-state index contributed by atoms with van der Waals surface area (Å²) in [6.45, 7) is 4.31. The van der Waals surface area contributed by atoms with Crippen LogP contribution in [0.5, 0.6) is 0 Å². The quantitative estimate of drug-likeness (QED) is 0.576. The average molecular weight is 292 g/mol. The summed E-state index contributed by atoms with van der Waals surface area (Å²) in [5.41, 5.74) is 2.45. The third-order valence-electron chi connectivity index (χ3n) is 2.49.